The van der Waals surface area contributed by atoms with Gasteiger partial charge in [-0.15, -0.1) is 0 Å². The molecule has 0 atom stereocenters. The van der Waals surface area contributed by atoms with Crippen molar-refractivity contribution in [2.45, 2.75) is 6.92 Å². The van der Waals surface area contributed by atoms with Crippen LogP contribution in [0.3, 0.4) is 0 Å². The number of benzene rings is 2. The molecule has 0 aromatic heterocycles. The second-order valence-electron chi connectivity index (χ2n) is 4.79. The zero-order valence-electron chi connectivity index (χ0n) is 12.3. The number of amides is 1. The minimum Gasteiger partial charge on any atom is -0.465 e. The molecule has 0 spiro atoms. The average molecular weight is 320 g/mol. The molecular weight excluding hydrogens is 307 g/mol. The van der Waals surface area contributed by atoms with Crippen LogP contribution in [0.2, 0.25) is 0 Å². The van der Waals surface area contributed by atoms with Gasteiger partial charge in [-0.05, 0) is 30.7 Å². The summed E-state index contributed by atoms with van der Waals surface area (Å²) in [5.74, 6) is -0.562. The van der Waals surface area contributed by atoms with E-state index in [1.807, 2.05) is 0 Å². The van der Waals surface area contributed by atoms with Crippen LogP contribution in [0.4, 0.5) is 20.6 Å². The molecule has 0 aliphatic heterocycles. The Hall–Kier alpha value is -3.16. The molecule has 7 nitrogen and oxygen atoms in total. The minimum absolute atomic E-state index is 0.0530. The van der Waals surface area contributed by atoms with Crippen LogP contribution in [0.25, 0.3) is 0 Å². The van der Waals surface area contributed by atoms with Crippen LogP contribution >= 0.6 is 0 Å². The molecule has 0 aliphatic carbocycles. The van der Waals surface area contributed by atoms with Crippen molar-refractivity contribution in [3.05, 3.63) is 57.9 Å². The summed E-state index contributed by atoms with van der Waals surface area (Å²) >= 11 is 0. The second-order valence-corrected chi connectivity index (χ2v) is 4.79. The molecule has 23 heavy (non-hydrogen) atoms. The molecule has 0 aliphatic rings. The van der Waals surface area contributed by atoms with Crippen LogP contribution in [-0.2, 0) is 0 Å². The zero-order chi connectivity index (χ0) is 17.1. The fourth-order valence-corrected chi connectivity index (χ4v) is 1.91. The van der Waals surface area contributed by atoms with Gasteiger partial charge in [-0.25, -0.2) is 9.18 Å². The number of hydrogen-bond donors (Lipinski definition) is 1. The van der Waals surface area contributed by atoms with Gasteiger partial charge in [-0.1, -0.05) is 6.07 Å². The average Bonchev–Trinajstić information content (AvgIpc) is 2.49. The number of ether oxygens (including phenoxy) is 1. The lowest BCUT2D eigenvalue weighted by atomic mass is 10.2. The number of nitro benzene ring substituents is 1. The summed E-state index contributed by atoms with van der Waals surface area (Å²) in [5.41, 5.74) is 0.200. The number of nitro groups is 1. The van der Waals surface area contributed by atoms with Crippen molar-refractivity contribution >= 4 is 17.5 Å². The monoisotopic (exact) mass is 320 g/mol. The predicted molar refractivity (Wildman–Crippen MR) is 80.7 cm³/mol. The highest BCUT2D eigenvalue weighted by Crippen LogP contribution is 2.34. The van der Waals surface area contributed by atoms with E-state index in [-0.39, 0.29) is 17.2 Å². The molecule has 1 N–H and O–H groups in total. The third-order valence-electron chi connectivity index (χ3n) is 3.11. The van der Waals surface area contributed by atoms with Crippen molar-refractivity contribution in [2.24, 2.45) is 0 Å². The quantitative estimate of drug-likeness (QED) is 0.680. The molecule has 0 saturated heterocycles. The Kier molecular flexibility index (Phi) is 4.44. The summed E-state index contributed by atoms with van der Waals surface area (Å²) in [7, 11) is 1.17. The smallest absolute Gasteiger partial charge is 0.411 e. The van der Waals surface area contributed by atoms with Crippen molar-refractivity contribution < 1.29 is 24.0 Å². The first-order chi connectivity index (χ1) is 10.8. The summed E-state index contributed by atoms with van der Waals surface area (Å²) in [6.07, 6.45) is -1.37. The van der Waals surface area contributed by atoms with E-state index in [0.717, 1.165) is 11.6 Å². The molecule has 0 bridgehead atoms. The number of nitrogens with zero attached hydrogens (tertiary/aromatic N) is 2. The van der Waals surface area contributed by atoms with Gasteiger partial charge in [0.25, 0.3) is 5.69 Å². The van der Waals surface area contributed by atoms with E-state index in [0.29, 0.717) is 4.90 Å². The van der Waals surface area contributed by atoms with Gasteiger partial charge in [-0.3, -0.25) is 15.0 Å². The van der Waals surface area contributed by atoms with E-state index >= 15 is 0 Å². The Bertz CT molecular complexity index is 778. The molecule has 0 unspecified atom stereocenters. The second kappa shape index (κ2) is 6.30. The van der Waals surface area contributed by atoms with Crippen molar-refractivity contribution in [3.63, 3.8) is 0 Å². The third-order valence-corrected chi connectivity index (χ3v) is 3.11. The van der Waals surface area contributed by atoms with Crippen LogP contribution in [0.15, 0.2) is 36.4 Å². The summed E-state index contributed by atoms with van der Waals surface area (Å²) in [6.45, 7) is 1.76. The Balaban J connectivity index is 2.44. The number of aryl methyl sites for hydroxylation is 1. The van der Waals surface area contributed by atoms with Crippen LogP contribution in [0.1, 0.15) is 5.56 Å². The maximum absolute atomic E-state index is 13.7. The Labute approximate surface area is 130 Å². The van der Waals surface area contributed by atoms with Crippen molar-refractivity contribution in [1.29, 1.82) is 0 Å². The molecule has 0 saturated carbocycles. The largest absolute Gasteiger partial charge is 0.465 e. The van der Waals surface area contributed by atoms with Gasteiger partial charge in [0.1, 0.15) is 11.4 Å². The van der Waals surface area contributed by atoms with E-state index < -0.39 is 22.5 Å². The highest BCUT2D eigenvalue weighted by atomic mass is 19.1. The van der Waals surface area contributed by atoms with E-state index in [2.05, 4.69) is 0 Å². The van der Waals surface area contributed by atoms with E-state index in [4.69, 9.17) is 9.84 Å². The summed E-state index contributed by atoms with van der Waals surface area (Å²) in [6, 6.07) is 7.84. The minimum atomic E-state index is -1.37. The lowest BCUT2D eigenvalue weighted by Crippen LogP contribution is -2.24. The normalized spacial score (nSPS) is 10.2. The maximum Gasteiger partial charge on any atom is 0.411 e. The van der Waals surface area contributed by atoms with Crippen LogP contribution in [0.5, 0.6) is 11.5 Å². The highest BCUT2D eigenvalue weighted by molar-refractivity contribution is 5.89. The first kappa shape index (κ1) is 16.2. The van der Waals surface area contributed by atoms with Gasteiger partial charge in [0.15, 0.2) is 11.6 Å². The number of anilines is 1. The summed E-state index contributed by atoms with van der Waals surface area (Å²) < 4.78 is 19.1. The van der Waals surface area contributed by atoms with Crippen LogP contribution in [-0.4, -0.2) is 23.2 Å². The molecule has 2 aromatic rings. The van der Waals surface area contributed by atoms with Crippen molar-refractivity contribution in [2.75, 3.05) is 11.9 Å². The van der Waals surface area contributed by atoms with E-state index in [1.54, 1.807) is 13.0 Å². The number of hydrogen-bond acceptors (Lipinski definition) is 4. The van der Waals surface area contributed by atoms with Gasteiger partial charge < -0.3 is 9.84 Å². The van der Waals surface area contributed by atoms with E-state index in [9.17, 15) is 19.3 Å². The Morgan fingerprint density at radius 1 is 1.30 bits per heavy atom. The fourth-order valence-electron chi connectivity index (χ4n) is 1.91. The van der Waals surface area contributed by atoms with E-state index in [1.165, 1.54) is 31.3 Å². The first-order valence-electron chi connectivity index (χ1n) is 6.48. The lowest BCUT2D eigenvalue weighted by Gasteiger charge is -2.15. The van der Waals surface area contributed by atoms with Crippen LogP contribution < -0.4 is 9.64 Å². The standard InChI is InChI=1S/C15H13FN2O5/c1-9-3-5-11(16)14(7-9)23-10-4-6-12(18(21)22)13(8-10)17(2)15(19)20/h3-8H,1-2H3,(H,19,20). The number of carboxylic acid groups (broad SMARTS) is 1. The molecule has 0 fully saturated rings. The first-order valence-corrected chi connectivity index (χ1v) is 6.48. The van der Waals surface area contributed by atoms with Gasteiger partial charge >= 0.3 is 6.09 Å². The zero-order valence-corrected chi connectivity index (χ0v) is 12.3. The number of rotatable bonds is 4. The SMILES string of the molecule is Cc1ccc(F)c(Oc2ccc([N+](=O)[O-])c(N(C)C(=O)O)c2)c1. The number of carbonyl (C=O) groups is 1. The molecule has 2 aromatic carbocycles. The fraction of sp³-hybridized carbons (Fsp3) is 0.133. The topological polar surface area (TPSA) is 92.9 Å². The molecule has 0 radical (unpaired) electrons. The predicted octanol–water partition coefficient (Wildman–Crippen LogP) is 3.95. The van der Waals surface area contributed by atoms with Gasteiger partial charge in [0.2, 0.25) is 0 Å². The van der Waals surface area contributed by atoms with Crippen molar-refractivity contribution in [3.8, 4) is 11.5 Å². The lowest BCUT2D eigenvalue weighted by molar-refractivity contribution is -0.384. The van der Waals surface area contributed by atoms with Gasteiger partial charge in [0.05, 0.1) is 4.92 Å². The Morgan fingerprint density at radius 3 is 2.61 bits per heavy atom. The molecular formula is C15H13FN2O5. The summed E-state index contributed by atoms with van der Waals surface area (Å²) in [4.78, 5) is 22.0. The number of halogens is 1. The molecule has 120 valence electrons. The third kappa shape index (κ3) is 3.54. The van der Waals surface area contributed by atoms with Gasteiger partial charge in [0, 0.05) is 19.2 Å². The van der Waals surface area contributed by atoms with Crippen LogP contribution in [0, 0.1) is 22.9 Å². The molecule has 0 heterocycles. The molecule has 2 rings (SSSR count). The molecule has 1 amide bonds. The molecule has 8 heteroatoms. The van der Waals surface area contributed by atoms with Crippen molar-refractivity contribution in [1.82, 2.24) is 0 Å². The summed E-state index contributed by atoms with van der Waals surface area (Å²) in [5, 5.41) is 20.0. The maximum atomic E-state index is 13.7. The van der Waals surface area contributed by atoms with Gasteiger partial charge in [-0.2, -0.15) is 0 Å². The highest BCUT2D eigenvalue weighted by Gasteiger charge is 2.22. The Morgan fingerprint density at radius 2 is 2.00 bits per heavy atom.